The Balaban J connectivity index is 2.35. The van der Waals surface area contributed by atoms with Gasteiger partial charge in [0.25, 0.3) is 11.5 Å². The van der Waals surface area contributed by atoms with Gasteiger partial charge >= 0.3 is 0 Å². The number of amides is 1. The van der Waals surface area contributed by atoms with Gasteiger partial charge in [0.05, 0.1) is 12.0 Å². The lowest BCUT2D eigenvalue weighted by Crippen LogP contribution is -2.25. The van der Waals surface area contributed by atoms with E-state index in [9.17, 15) is 9.59 Å². The fourth-order valence-electron chi connectivity index (χ4n) is 2.00. The van der Waals surface area contributed by atoms with Gasteiger partial charge in [-0.1, -0.05) is 6.07 Å². The Morgan fingerprint density at radius 3 is 2.81 bits per heavy atom. The van der Waals surface area contributed by atoms with Gasteiger partial charge < -0.3 is 19.4 Å². The fraction of sp³-hybridized carbons (Fsp3) is 0.333. The zero-order chi connectivity index (χ0) is 15.2. The van der Waals surface area contributed by atoms with Gasteiger partial charge in [0.1, 0.15) is 5.75 Å². The molecule has 6 nitrogen and oxygen atoms in total. The van der Waals surface area contributed by atoms with Gasteiger partial charge in [0.2, 0.25) is 0 Å². The molecule has 21 heavy (non-hydrogen) atoms. The number of nitrogens with one attached hydrogen (secondary N) is 1. The van der Waals surface area contributed by atoms with Crippen LogP contribution in [0, 0.1) is 0 Å². The van der Waals surface area contributed by atoms with Gasteiger partial charge in [-0.05, 0) is 18.2 Å². The normalized spacial score (nSPS) is 10.6. The van der Waals surface area contributed by atoms with E-state index in [1.54, 1.807) is 43.1 Å². The van der Waals surface area contributed by atoms with Crippen LogP contribution in [0.3, 0.4) is 0 Å². The number of nitrogens with zero attached hydrogens (tertiary/aromatic N) is 1. The molecule has 1 aromatic heterocycles. The molecule has 0 aliphatic rings. The average molecular weight is 290 g/mol. The number of hydrogen-bond donors (Lipinski definition) is 1. The molecule has 0 bridgehead atoms. The number of likely N-dealkylation sites (N-methyl/N-ethyl adjacent to an activating group) is 1. The van der Waals surface area contributed by atoms with E-state index in [2.05, 4.69) is 5.32 Å². The lowest BCUT2D eigenvalue weighted by Gasteiger charge is -2.10. The van der Waals surface area contributed by atoms with Gasteiger partial charge in [-0.3, -0.25) is 9.59 Å². The summed E-state index contributed by atoms with van der Waals surface area (Å²) in [6, 6.07) is 7.03. The van der Waals surface area contributed by atoms with Crippen molar-refractivity contribution in [1.82, 2.24) is 9.88 Å². The molecule has 0 radical (unpaired) electrons. The van der Waals surface area contributed by atoms with Crippen LogP contribution in [0.4, 0.5) is 0 Å². The Bertz CT molecular complexity index is 694. The predicted octanol–water partition coefficient (Wildman–Crippen LogP) is 0.773. The van der Waals surface area contributed by atoms with Crippen molar-refractivity contribution in [2.45, 2.75) is 6.54 Å². The van der Waals surface area contributed by atoms with Crippen LogP contribution in [-0.2, 0) is 16.1 Å². The standard InChI is InChI=1S/C15H18N2O4/c1-16-14(18)10-21-13-5-3-4-12-11(13)6-7-17(15(12)19)8-9-20-2/h3-7H,8-10H2,1-2H3,(H,16,18). The second-order valence-corrected chi connectivity index (χ2v) is 4.49. The molecule has 2 rings (SSSR count). The summed E-state index contributed by atoms with van der Waals surface area (Å²) in [5, 5.41) is 3.74. The Morgan fingerprint density at radius 1 is 1.29 bits per heavy atom. The van der Waals surface area contributed by atoms with Gasteiger partial charge in [0.15, 0.2) is 6.61 Å². The van der Waals surface area contributed by atoms with E-state index in [4.69, 9.17) is 9.47 Å². The van der Waals surface area contributed by atoms with Crippen LogP contribution in [0.5, 0.6) is 5.75 Å². The third-order valence-electron chi connectivity index (χ3n) is 3.15. The Kier molecular flexibility index (Phi) is 4.94. The molecular weight excluding hydrogens is 272 g/mol. The van der Waals surface area contributed by atoms with Gasteiger partial charge in [-0.2, -0.15) is 0 Å². The average Bonchev–Trinajstić information content (AvgIpc) is 2.52. The highest BCUT2D eigenvalue weighted by atomic mass is 16.5. The summed E-state index contributed by atoms with van der Waals surface area (Å²) in [4.78, 5) is 23.6. The molecule has 1 amide bonds. The fourth-order valence-corrected chi connectivity index (χ4v) is 2.00. The molecule has 0 aliphatic carbocycles. The van der Waals surface area contributed by atoms with E-state index in [-0.39, 0.29) is 18.1 Å². The molecule has 0 fully saturated rings. The number of hydrogen-bond acceptors (Lipinski definition) is 4. The van der Waals surface area contributed by atoms with E-state index in [0.717, 1.165) is 0 Å². The summed E-state index contributed by atoms with van der Waals surface area (Å²) in [6.07, 6.45) is 1.70. The summed E-state index contributed by atoms with van der Waals surface area (Å²) in [7, 11) is 3.14. The van der Waals surface area contributed by atoms with Crippen LogP contribution in [0.15, 0.2) is 35.3 Å². The molecule has 2 aromatic rings. The summed E-state index contributed by atoms with van der Waals surface area (Å²) in [5.41, 5.74) is -0.102. The number of methoxy groups -OCH3 is 1. The lowest BCUT2D eigenvalue weighted by atomic mass is 10.1. The molecule has 0 unspecified atom stereocenters. The zero-order valence-corrected chi connectivity index (χ0v) is 12.1. The first-order valence-electron chi connectivity index (χ1n) is 6.62. The van der Waals surface area contributed by atoms with E-state index >= 15 is 0 Å². The van der Waals surface area contributed by atoms with E-state index in [1.165, 1.54) is 0 Å². The maximum atomic E-state index is 12.4. The first-order valence-corrected chi connectivity index (χ1v) is 6.62. The molecule has 112 valence electrons. The van der Waals surface area contributed by atoms with Crippen LogP contribution in [-0.4, -0.2) is 37.8 Å². The third-order valence-corrected chi connectivity index (χ3v) is 3.15. The van der Waals surface area contributed by atoms with Crippen molar-refractivity contribution in [3.63, 3.8) is 0 Å². The number of carbonyl (C=O) groups excluding carboxylic acids is 1. The Hall–Kier alpha value is -2.34. The van der Waals surface area contributed by atoms with Crippen LogP contribution in [0.2, 0.25) is 0 Å². The van der Waals surface area contributed by atoms with Gasteiger partial charge in [-0.25, -0.2) is 0 Å². The summed E-state index contributed by atoms with van der Waals surface area (Å²) >= 11 is 0. The van der Waals surface area contributed by atoms with Crippen molar-refractivity contribution in [1.29, 1.82) is 0 Å². The zero-order valence-electron chi connectivity index (χ0n) is 12.1. The number of aromatic nitrogens is 1. The maximum Gasteiger partial charge on any atom is 0.258 e. The van der Waals surface area contributed by atoms with Gasteiger partial charge in [-0.15, -0.1) is 0 Å². The van der Waals surface area contributed by atoms with Crippen molar-refractivity contribution >= 4 is 16.7 Å². The second-order valence-electron chi connectivity index (χ2n) is 4.49. The molecule has 1 N–H and O–H groups in total. The molecule has 1 aromatic carbocycles. The van der Waals surface area contributed by atoms with Crippen molar-refractivity contribution in [2.24, 2.45) is 0 Å². The SMILES string of the molecule is CNC(=O)COc1cccc2c(=O)n(CCOC)ccc12. The molecule has 1 heterocycles. The predicted molar refractivity (Wildman–Crippen MR) is 79.6 cm³/mol. The Labute approximate surface area is 122 Å². The number of carbonyl (C=O) groups is 1. The molecule has 0 saturated heterocycles. The minimum Gasteiger partial charge on any atom is -0.483 e. The number of rotatable bonds is 6. The first-order chi connectivity index (χ1) is 10.2. The van der Waals surface area contributed by atoms with E-state index in [0.29, 0.717) is 29.7 Å². The molecule has 0 aliphatic heterocycles. The quantitative estimate of drug-likeness (QED) is 0.853. The minimum absolute atomic E-state index is 0.0810. The summed E-state index contributed by atoms with van der Waals surface area (Å²) in [5.74, 6) is 0.299. The molecular formula is C15H18N2O4. The molecule has 0 saturated carbocycles. The van der Waals surface area contributed by atoms with Crippen molar-refractivity contribution in [3.05, 3.63) is 40.8 Å². The number of ether oxygens (including phenoxy) is 2. The molecule has 0 spiro atoms. The maximum absolute atomic E-state index is 12.4. The van der Waals surface area contributed by atoms with E-state index < -0.39 is 0 Å². The minimum atomic E-state index is -0.222. The monoisotopic (exact) mass is 290 g/mol. The summed E-state index contributed by atoms with van der Waals surface area (Å²) in [6.45, 7) is 0.884. The number of benzene rings is 1. The lowest BCUT2D eigenvalue weighted by molar-refractivity contribution is -0.122. The first kappa shape index (κ1) is 15.1. The van der Waals surface area contributed by atoms with Crippen LogP contribution < -0.4 is 15.6 Å². The van der Waals surface area contributed by atoms with Crippen LogP contribution in [0.25, 0.3) is 10.8 Å². The highest BCUT2D eigenvalue weighted by Crippen LogP contribution is 2.22. The van der Waals surface area contributed by atoms with Crippen LogP contribution >= 0.6 is 0 Å². The van der Waals surface area contributed by atoms with Gasteiger partial charge in [0, 0.05) is 32.3 Å². The number of fused-ring (bicyclic) bond motifs is 1. The molecule has 0 atom stereocenters. The number of pyridine rings is 1. The highest BCUT2D eigenvalue weighted by Gasteiger charge is 2.08. The highest BCUT2D eigenvalue weighted by molar-refractivity contribution is 5.88. The third kappa shape index (κ3) is 3.41. The van der Waals surface area contributed by atoms with Crippen LogP contribution in [0.1, 0.15) is 0 Å². The smallest absolute Gasteiger partial charge is 0.258 e. The largest absolute Gasteiger partial charge is 0.483 e. The second kappa shape index (κ2) is 6.90. The molecule has 6 heteroatoms. The van der Waals surface area contributed by atoms with E-state index in [1.807, 2.05) is 6.07 Å². The summed E-state index contributed by atoms with van der Waals surface area (Å²) < 4.78 is 12.0. The van der Waals surface area contributed by atoms with Crippen molar-refractivity contribution < 1.29 is 14.3 Å². The van der Waals surface area contributed by atoms with Crippen molar-refractivity contribution in [3.8, 4) is 5.75 Å². The Morgan fingerprint density at radius 2 is 2.10 bits per heavy atom. The van der Waals surface area contributed by atoms with Crippen molar-refractivity contribution in [2.75, 3.05) is 27.4 Å². The topological polar surface area (TPSA) is 69.6 Å².